The van der Waals surface area contributed by atoms with Gasteiger partial charge in [-0.15, -0.1) is 0 Å². The zero-order valence-electron chi connectivity index (χ0n) is 13.6. The average molecular weight is 323 g/mol. The summed E-state index contributed by atoms with van der Waals surface area (Å²) in [5.41, 5.74) is 1.96. The highest BCUT2D eigenvalue weighted by Crippen LogP contribution is 2.32. The van der Waals surface area contributed by atoms with E-state index in [1.165, 1.54) is 5.56 Å². The summed E-state index contributed by atoms with van der Waals surface area (Å²) in [5, 5.41) is 0. The molecule has 2 aromatic carbocycles. The highest BCUT2D eigenvalue weighted by Gasteiger charge is 2.30. The van der Waals surface area contributed by atoms with Crippen LogP contribution in [0.25, 0.3) is 0 Å². The largest absolute Gasteiger partial charge is 0.486 e. The maximum absolute atomic E-state index is 13.0. The van der Waals surface area contributed by atoms with Crippen molar-refractivity contribution >= 4 is 5.91 Å². The van der Waals surface area contributed by atoms with Gasteiger partial charge in [-0.2, -0.15) is 0 Å². The second-order valence-electron chi connectivity index (χ2n) is 6.34. The van der Waals surface area contributed by atoms with Crippen molar-refractivity contribution in [3.05, 3.63) is 59.7 Å². The second kappa shape index (κ2) is 6.56. The summed E-state index contributed by atoms with van der Waals surface area (Å²) >= 11 is 0. The molecule has 0 N–H and O–H groups in total. The maximum atomic E-state index is 13.0. The number of rotatable bonds is 3. The molecule has 0 saturated carbocycles. The predicted molar refractivity (Wildman–Crippen MR) is 91.6 cm³/mol. The first-order valence-electron chi connectivity index (χ1n) is 8.56. The lowest BCUT2D eigenvalue weighted by Gasteiger charge is -2.26. The van der Waals surface area contributed by atoms with Gasteiger partial charge >= 0.3 is 0 Å². The van der Waals surface area contributed by atoms with Gasteiger partial charge in [0.25, 0.3) is 5.91 Å². The molecule has 2 aromatic rings. The van der Waals surface area contributed by atoms with Crippen molar-refractivity contribution in [2.75, 3.05) is 19.8 Å². The molecule has 1 unspecified atom stereocenters. The zero-order chi connectivity index (χ0) is 16.4. The Labute approximate surface area is 142 Å². The second-order valence-corrected chi connectivity index (χ2v) is 6.34. The molecule has 0 spiro atoms. The smallest absolute Gasteiger partial charge is 0.254 e. The molecule has 1 fully saturated rings. The summed E-state index contributed by atoms with van der Waals surface area (Å²) < 4.78 is 11.1. The molecular formula is C20H21NO3. The van der Waals surface area contributed by atoms with Crippen LogP contribution in [-0.4, -0.2) is 36.6 Å². The average Bonchev–Trinajstić information content (AvgIpc) is 3.09. The number of carbonyl (C=O) groups excluding carboxylic acids is 1. The monoisotopic (exact) mass is 323 g/mol. The maximum Gasteiger partial charge on any atom is 0.254 e. The number of likely N-dealkylation sites (tertiary alicyclic amines) is 1. The van der Waals surface area contributed by atoms with Crippen LogP contribution in [0.5, 0.6) is 11.5 Å². The Bertz CT molecular complexity index is 729. The summed E-state index contributed by atoms with van der Waals surface area (Å²) in [6.45, 7) is 1.92. The van der Waals surface area contributed by atoms with Crippen LogP contribution in [0.1, 0.15) is 28.8 Å². The van der Waals surface area contributed by atoms with E-state index in [4.69, 9.17) is 9.47 Å². The van der Waals surface area contributed by atoms with Gasteiger partial charge in [-0.3, -0.25) is 4.79 Å². The van der Waals surface area contributed by atoms with Gasteiger partial charge in [-0.1, -0.05) is 30.3 Å². The fraction of sp³-hybridized carbons (Fsp3) is 0.350. The Kier molecular flexibility index (Phi) is 4.11. The van der Waals surface area contributed by atoms with Crippen molar-refractivity contribution in [1.29, 1.82) is 0 Å². The summed E-state index contributed by atoms with van der Waals surface area (Å²) in [5.74, 6) is 1.48. The molecule has 1 atom stereocenters. The molecule has 2 aliphatic heterocycles. The first kappa shape index (κ1) is 15.1. The van der Waals surface area contributed by atoms with Crippen LogP contribution in [-0.2, 0) is 6.42 Å². The molecule has 0 aromatic heterocycles. The van der Waals surface area contributed by atoms with Crippen LogP contribution in [0, 0.1) is 0 Å². The number of amides is 1. The number of fused-ring (bicyclic) bond motifs is 1. The highest BCUT2D eigenvalue weighted by atomic mass is 16.6. The van der Waals surface area contributed by atoms with E-state index >= 15 is 0 Å². The van der Waals surface area contributed by atoms with E-state index in [-0.39, 0.29) is 11.9 Å². The van der Waals surface area contributed by atoms with Crippen LogP contribution < -0.4 is 9.47 Å². The SMILES string of the molecule is O=C(c1ccc2c(c1)OCCO2)N1CCCC1Cc1ccccc1. The lowest BCUT2D eigenvalue weighted by atomic mass is 10.0. The molecule has 1 saturated heterocycles. The van der Waals surface area contributed by atoms with E-state index in [0.29, 0.717) is 24.5 Å². The van der Waals surface area contributed by atoms with Crippen molar-refractivity contribution in [3.8, 4) is 11.5 Å². The standard InChI is InChI=1S/C20H21NO3/c22-20(16-8-9-18-19(14-16)24-12-11-23-18)21-10-4-7-17(21)13-15-5-2-1-3-6-15/h1-3,5-6,8-9,14,17H,4,7,10-13H2. The Hall–Kier alpha value is -2.49. The molecule has 0 aliphatic carbocycles. The first-order chi connectivity index (χ1) is 11.8. The number of ether oxygens (including phenoxy) is 2. The Morgan fingerprint density at radius 3 is 2.67 bits per heavy atom. The Morgan fingerprint density at radius 2 is 1.83 bits per heavy atom. The molecule has 0 bridgehead atoms. The van der Waals surface area contributed by atoms with Crippen LogP contribution in [0.15, 0.2) is 48.5 Å². The molecule has 0 radical (unpaired) electrons. The molecule has 2 aliphatic rings. The molecule has 24 heavy (non-hydrogen) atoms. The summed E-state index contributed by atoms with van der Waals surface area (Å²) in [7, 11) is 0. The van der Waals surface area contributed by atoms with Gasteiger partial charge in [0.1, 0.15) is 13.2 Å². The molecule has 4 rings (SSSR count). The Balaban J connectivity index is 1.52. The number of benzene rings is 2. The lowest BCUT2D eigenvalue weighted by molar-refractivity contribution is 0.0735. The third kappa shape index (κ3) is 2.96. The van der Waals surface area contributed by atoms with Gasteiger partial charge in [0.15, 0.2) is 11.5 Å². The van der Waals surface area contributed by atoms with Crippen molar-refractivity contribution < 1.29 is 14.3 Å². The predicted octanol–water partition coefficient (Wildman–Crippen LogP) is 3.31. The van der Waals surface area contributed by atoms with Crippen molar-refractivity contribution in [2.45, 2.75) is 25.3 Å². The number of hydrogen-bond acceptors (Lipinski definition) is 3. The third-order valence-corrected chi connectivity index (χ3v) is 4.74. The lowest BCUT2D eigenvalue weighted by Crippen LogP contribution is -2.36. The van der Waals surface area contributed by atoms with E-state index in [0.717, 1.165) is 31.6 Å². The fourth-order valence-corrected chi connectivity index (χ4v) is 3.54. The number of carbonyl (C=O) groups is 1. The zero-order valence-corrected chi connectivity index (χ0v) is 13.6. The molecule has 4 nitrogen and oxygen atoms in total. The van der Waals surface area contributed by atoms with Crippen LogP contribution >= 0.6 is 0 Å². The molecule has 1 amide bonds. The van der Waals surface area contributed by atoms with Gasteiger partial charge in [-0.05, 0) is 43.0 Å². The van der Waals surface area contributed by atoms with Gasteiger partial charge in [0, 0.05) is 18.2 Å². The van der Waals surface area contributed by atoms with Gasteiger partial charge in [0.2, 0.25) is 0 Å². The minimum Gasteiger partial charge on any atom is -0.486 e. The molecular weight excluding hydrogens is 302 g/mol. The van der Waals surface area contributed by atoms with Crippen molar-refractivity contribution in [2.24, 2.45) is 0 Å². The van der Waals surface area contributed by atoms with Crippen molar-refractivity contribution in [3.63, 3.8) is 0 Å². The quantitative estimate of drug-likeness (QED) is 0.870. The van der Waals surface area contributed by atoms with Gasteiger partial charge < -0.3 is 14.4 Å². The van der Waals surface area contributed by atoms with E-state index < -0.39 is 0 Å². The van der Waals surface area contributed by atoms with Crippen molar-refractivity contribution in [1.82, 2.24) is 4.90 Å². The minimum atomic E-state index is 0.0883. The van der Waals surface area contributed by atoms with E-state index in [1.807, 2.05) is 29.2 Å². The first-order valence-corrected chi connectivity index (χ1v) is 8.56. The molecule has 124 valence electrons. The minimum absolute atomic E-state index is 0.0883. The summed E-state index contributed by atoms with van der Waals surface area (Å²) in [4.78, 5) is 15.0. The van der Waals surface area contributed by atoms with E-state index in [1.54, 1.807) is 0 Å². The Morgan fingerprint density at radius 1 is 1.04 bits per heavy atom. The van der Waals surface area contributed by atoms with E-state index in [9.17, 15) is 4.79 Å². The van der Waals surface area contributed by atoms with Crippen LogP contribution in [0.4, 0.5) is 0 Å². The highest BCUT2D eigenvalue weighted by molar-refractivity contribution is 5.95. The molecule has 4 heteroatoms. The van der Waals surface area contributed by atoms with Crippen LogP contribution in [0.3, 0.4) is 0 Å². The fourth-order valence-electron chi connectivity index (χ4n) is 3.54. The van der Waals surface area contributed by atoms with Gasteiger partial charge in [-0.25, -0.2) is 0 Å². The number of hydrogen-bond donors (Lipinski definition) is 0. The van der Waals surface area contributed by atoms with E-state index in [2.05, 4.69) is 24.3 Å². The van der Waals surface area contributed by atoms with Gasteiger partial charge in [0.05, 0.1) is 0 Å². The third-order valence-electron chi connectivity index (χ3n) is 4.74. The van der Waals surface area contributed by atoms with Crippen LogP contribution in [0.2, 0.25) is 0 Å². The summed E-state index contributed by atoms with van der Waals surface area (Å²) in [6, 6.07) is 16.2. The summed E-state index contributed by atoms with van der Waals surface area (Å²) in [6.07, 6.45) is 3.04. The topological polar surface area (TPSA) is 38.8 Å². The molecule has 2 heterocycles. The normalized spacial score (nSPS) is 19.3. The number of nitrogens with zero attached hydrogens (tertiary/aromatic N) is 1.